The summed E-state index contributed by atoms with van der Waals surface area (Å²) in [6.45, 7) is 1.43. The smallest absolute Gasteiger partial charge is 0.254 e. The number of hydrogen-bond acceptors (Lipinski definition) is 3. The van der Waals surface area contributed by atoms with Gasteiger partial charge in [0.25, 0.3) is 5.91 Å². The van der Waals surface area contributed by atoms with Crippen molar-refractivity contribution in [2.75, 3.05) is 20.3 Å². The molecule has 3 rings (SSSR count). The second kappa shape index (κ2) is 6.81. The molecule has 4 nitrogen and oxygen atoms in total. The highest BCUT2D eigenvalue weighted by atomic mass is 79.9. The molecule has 0 saturated carbocycles. The van der Waals surface area contributed by atoms with Crippen molar-refractivity contribution in [3.8, 4) is 11.5 Å². The fourth-order valence-electron chi connectivity index (χ4n) is 2.39. The van der Waals surface area contributed by atoms with Crippen LogP contribution in [-0.2, 0) is 6.54 Å². The van der Waals surface area contributed by atoms with Crippen LogP contribution < -0.4 is 9.47 Å². The average Bonchev–Trinajstić information content (AvgIpc) is 2.56. The van der Waals surface area contributed by atoms with E-state index in [4.69, 9.17) is 21.1 Å². The summed E-state index contributed by atoms with van der Waals surface area (Å²) >= 11 is 9.59. The van der Waals surface area contributed by atoms with E-state index in [1.54, 1.807) is 24.1 Å². The Labute approximate surface area is 148 Å². The van der Waals surface area contributed by atoms with Gasteiger partial charge in [-0.2, -0.15) is 0 Å². The molecule has 0 aliphatic carbocycles. The standard InChI is InChI=1S/C17H15BrClNO3/c1-20(10-11-2-4-13(18)5-3-11)17(21)12-8-14(19)16-15(9-12)22-6-7-23-16/h2-5,8-9H,6-7,10H2,1H3. The normalized spacial score (nSPS) is 12.8. The van der Waals surface area contributed by atoms with Gasteiger partial charge in [-0.05, 0) is 29.8 Å². The van der Waals surface area contributed by atoms with Gasteiger partial charge < -0.3 is 14.4 Å². The zero-order valence-corrected chi connectivity index (χ0v) is 14.9. The Balaban J connectivity index is 1.79. The number of nitrogens with zero attached hydrogens (tertiary/aromatic N) is 1. The first kappa shape index (κ1) is 16.1. The van der Waals surface area contributed by atoms with Crippen LogP contribution in [0.5, 0.6) is 11.5 Å². The zero-order chi connectivity index (χ0) is 16.4. The summed E-state index contributed by atoms with van der Waals surface area (Å²) in [4.78, 5) is 14.3. The first-order chi connectivity index (χ1) is 11.0. The summed E-state index contributed by atoms with van der Waals surface area (Å²) < 4.78 is 12.0. The third-order valence-electron chi connectivity index (χ3n) is 3.52. The van der Waals surface area contributed by atoms with Gasteiger partial charge in [0.2, 0.25) is 0 Å². The van der Waals surface area contributed by atoms with Crippen molar-refractivity contribution in [1.82, 2.24) is 4.90 Å². The number of ether oxygens (including phenoxy) is 2. The molecule has 0 aromatic heterocycles. The van der Waals surface area contributed by atoms with Crippen LogP contribution in [0, 0.1) is 0 Å². The molecule has 0 atom stereocenters. The number of carbonyl (C=O) groups excluding carboxylic acids is 1. The number of amides is 1. The van der Waals surface area contributed by atoms with Gasteiger partial charge >= 0.3 is 0 Å². The van der Waals surface area contributed by atoms with Crippen molar-refractivity contribution >= 4 is 33.4 Å². The maximum absolute atomic E-state index is 12.6. The Morgan fingerprint density at radius 2 is 1.91 bits per heavy atom. The lowest BCUT2D eigenvalue weighted by atomic mass is 10.1. The second-order valence-corrected chi connectivity index (χ2v) is 6.59. The summed E-state index contributed by atoms with van der Waals surface area (Å²) in [6, 6.07) is 11.2. The Bertz CT molecular complexity index is 733. The van der Waals surface area contributed by atoms with Gasteiger partial charge in [0.05, 0.1) is 5.02 Å². The fraction of sp³-hybridized carbons (Fsp3) is 0.235. The molecule has 6 heteroatoms. The predicted molar refractivity (Wildman–Crippen MR) is 92.4 cm³/mol. The lowest BCUT2D eigenvalue weighted by Crippen LogP contribution is -2.26. The van der Waals surface area contributed by atoms with Crippen LogP contribution in [0.25, 0.3) is 0 Å². The van der Waals surface area contributed by atoms with Gasteiger partial charge in [0.1, 0.15) is 13.2 Å². The van der Waals surface area contributed by atoms with Gasteiger partial charge in [-0.3, -0.25) is 4.79 Å². The van der Waals surface area contributed by atoms with Crippen LogP contribution in [0.3, 0.4) is 0 Å². The summed E-state index contributed by atoms with van der Waals surface area (Å²) in [5.74, 6) is 0.904. The lowest BCUT2D eigenvalue weighted by Gasteiger charge is -2.22. The minimum Gasteiger partial charge on any atom is -0.486 e. The highest BCUT2D eigenvalue weighted by Gasteiger charge is 2.21. The molecule has 2 aromatic rings. The molecule has 120 valence electrons. The third kappa shape index (κ3) is 3.62. The number of fused-ring (bicyclic) bond motifs is 1. The molecule has 1 aliphatic heterocycles. The highest BCUT2D eigenvalue weighted by Crippen LogP contribution is 2.38. The Kier molecular flexibility index (Phi) is 4.78. The van der Waals surface area contributed by atoms with Gasteiger partial charge in [0.15, 0.2) is 11.5 Å². The maximum Gasteiger partial charge on any atom is 0.254 e. The number of hydrogen-bond donors (Lipinski definition) is 0. The monoisotopic (exact) mass is 395 g/mol. The number of rotatable bonds is 3. The highest BCUT2D eigenvalue weighted by molar-refractivity contribution is 9.10. The van der Waals surface area contributed by atoms with Crippen molar-refractivity contribution < 1.29 is 14.3 Å². The molecule has 0 spiro atoms. The van der Waals surface area contributed by atoms with Gasteiger partial charge in [-0.1, -0.05) is 39.7 Å². The zero-order valence-electron chi connectivity index (χ0n) is 12.5. The minimum absolute atomic E-state index is 0.119. The third-order valence-corrected chi connectivity index (χ3v) is 4.33. The summed E-state index contributed by atoms with van der Waals surface area (Å²) in [6.07, 6.45) is 0. The minimum atomic E-state index is -0.119. The van der Waals surface area contributed by atoms with Gasteiger partial charge in [0, 0.05) is 23.6 Å². The van der Waals surface area contributed by atoms with Gasteiger partial charge in [-0.25, -0.2) is 0 Å². The Morgan fingerprint density at radius 1 is 1.22 bits per heavy atom. The van der Waals surface area contributed by atoms with E-state index < -0.39 is 0 Å². The summed E-state index contributed by atoms with van der Waals surface area (Å²) in [5.41, 5.74) is 1.53. The van der Waals surface area contributed by atoms with Crippen molar-refractivity contribution in [1.29, 1.82) is 0 Å². The van der Waals surface area contributed by atoms with Crippen LogP contribution in [0.2, 0.25) is 5.02 Å². The van der Waals surface area contributed by atoms with Crippen LogP contribution in [0.1, 0.15) is 15.9 Å². The molecular formula is C17H15BrClNO3. The molecule has 0 N–H and O–H groups in total. The molecule has 0 fully saturated rings. The molecule has 0 unspecified atom stereocenters. The molecular weight excluding hydrogens is 382 g/mol. The first-order valence-corrected chi connectivity index (χ1v) is 8.31. The second-order valence-electron chi connectivity index (χ2n) is 5.27. The first-order valence-electron chi connectivity index (χ1n) is 7.13. The van der Waals surface area contributed by atoms with E-state index in [0.29, 0.717) is 41.8 Å². The van der Waals surface area contributed by atoms with E-state index >= 15 is 0 Å². The molecule has 2 aromatic carbocycles. The molecule has 0 bridgehead atoms. The molecule has 0 radical (unpaired) electrons. The van der Waals surface area contributed by atoms with E-state index in [1.807, 2.05) is 24.3 Å². The van der Waals surface area contributed by atoms with E-state index in [2.05, 4.69) is 15.9 Å². The molecule has 1 heterocycles. The van der Waals surface area contributed by atoms with E-state index in [-0.39, 0.29) is 5.91 Å². The summed E-state index contributed by atoms with van der Waals surface area (Å²) in [5, 5.41) is 0.391. The van der Waals surface area contributed by atoms with E-state index in [0.717, 1.165) is 10.0 Å². The fourth-order valence-corrected chi connectivity index (χ4v) is 2.92. The lowest BCUT2D eigenvalue weighted by molar-refractivity contribution is 0.0784. The van der Waals surface area contributed by atoms with Crippen molar-refractivity contribution in [3.05, 3.63) is 57.0 Å². The molecule has 23 heavy (non-hydrogen) atoms. The van der Waals surface area contributed by atoms with Gasteiger partial charge in [-0.15, -0.1) is 0 Å². The number of halogens is 2. The van der Waals surface area contributed by atoms with Crippen molar-refractivity contribution in [3.63, 3.8) is 0 Å². The largest absolute Gasteiger partial charge is 0.486 e. The molecule has 1 amide bonds. The summed E-state index contributed by atoms with van der Waals surface area (Å²) in [7, 11) is 1.76. The Hall–Kier alpha value is -1.72. The van der Waals surface area contributed by atoms with E-state index in [1.165, 1.54) is 0 Å². The Morgan fingerprint density at radius 3 is 2.65 bits per heavy atom. The predicted octanol–water partition coefficient (Wildman–Crippen LogP) is 4.15. The van der Waals surface area contributed by atoms with Crippen LogP contribution in [0.15, 0.2) is 40.9 Å². The quantitative estimate of drug-likeness (QED) is 0.782. The molecule has 0 saturated heterocycles. The van der Waals surface area contributed by atoms with Crippen LogP contribution in [0.4, 0.5) is 0 Å². The molecule has 1 aliphatic rings. The van der Waals surface area contributed by atoms with Crippen LogP contribution in [-0.4, -0.2) is 31.1 Å². The number of carbonyl (C=O) groups is 1. The van der Waals surface area contributed by atoms with Crippen LogP contribution >= 0.6 is 27.5 Å². The van der Waals surface area contributed by atoms with Crippen molar-refractivity contribution in [2.45, 2.75) is 6.54 Å². The number of benzene rings is 2. The topological polar surface area (TPSA) is 38.8 Å². The maximum atomic E-state index is 12.6. The van der Waals surface area contributed by atoms with E-state index in [9.17, 15) is 4.79 Å². The SMILES string of the molecule is CN(Cc1ccc(Br)cc1)C(=O)c1cc(Cl)c2c(c1)OCCO2. The van der Waals surface area contributed by atoms with Crippen molar-refractivity contribution in [2.24, 2.45) is 0 Å². The average molecular weight is 397 g/mol.